The fourth-order valence-corrected chi connectivity index (χ4v) is 2.26. The van der Waals surface area contributed by atoms with Crippen LogP contribution in [0.15, 0.2) is 48.5 Å². The highest BCUT2D eigenvalue weighted by atomic mass is 14.9. The number of pyridine rings is 1. The van der Waals surface area contributed by atoms with Crippen LogP contribution in [-0.4, -0.2) is 0 Å². The molecule has 2 aromatic carbocycles. The fraction of sp³-hybridized carbons (Fsp3) is 0.0714. The first-order chi connectivity index (χ1) is 7.79. The Bertz CT molecular complexity index is 570. The summed E-state index contributed by atoms with van der Waals surface area (Å²) in [6, 6.07) is 16.4. The Labute approximate surface area is 93.9 Å². The first kappa shape index (κ1) is 9.16. The van der Waals surface area contributed by atoms with Crippen LogP contribution in [0, 0.1) is 0 Å². The predicted molar refractivity (Wildman–Crippen MR) is 67.0 cm³/mol. The second-order valence-corrected chi connectivity index (χ2v) is 4.01. The van der Waals surface area contributed by atoms with Crippen molar-refractivity contribution in [3.05, 3.63) is 48.5 Å². The maximum atomic E-state index is 6.21. The van der Waals surface area contributed by atoms with Gasteiger partial charge in [-0.05, 0) is 12.1 Å². The zero-order valence-corrected chi connectivity index (χ0v) is 9.14. The normalized spacial score (nSPS) is 11.1. The van der Waals surface area contributed by atoms with Gasteiger partial charge in [0, 0.05) is 12.1 Å². The molecule has 16 heavy (non-hydrogen) atoms. The smallest absolute Gasteiger partial charge is 0.214 e. The van der Waals surface area contributed by atoms with Gasteiger partial charge in [0.05, 0.1) is 16.5 Å². The number of anilines is 1. The maximum absolute atomic E-state index is 6.21. The van der Waals surface area contributed by atoms with Crippen LogP contribution in [0.2, 0.25) is 0 Å². The Morgan fingerprint density at radius 2 is 1.25 bits per heavy atom. The lowest BCUT2D eigenvalue weighted by molar-refractivity contribution is -0.617. The summed E-state index contributed by atoms with van der Waals surface area (Å²) in [5.74, 6) is 0. The molecule has 3 aromatic rings. The summed E-state index contributed by atoms with van der Waals surface area (Å²) >= 11 is 0. The first-order valence-electron chi connectivity index (χ1n) is 5.34. The van der Waals surface area contributed by atoms with Crippen LogP contribution in [0.4, 0.5) is 5.69 Å². The second-order valence-electron chi connectivity index (χ2n) is 4.01. The molecule has 2 nitrogen and oxygen atoms in total. The van der Waals surface area contributed by atoms with E-state index in [4.69, 9.17) is 5.73 Å². The quantitative estimate of drug-likeness (QED) is 0.447. The molecule has 0 fully saturated rings. The van der Waals surface area contributed by atoms with Gasteiger partial charge in [0.25, 0.3) is 0 Å². The van der Waals surface area contributed by atoms with E-state index < -0.39 is 0 Å². The highest BCUT2D eigenvalue weighted by Gasteiger charge is 2.14. The van der Waals surface area contributed by atoms with Gasteiger partial charge >= 0.3 is 0 Å². The van der Waals surface area contributed by atoms with Crippen LogP contribution in [0.1, 0.15) is 0 Å². The molecule has 3 rings (SSSR count). The highest BCUT2D eigenvalue weighted by Crippen LogP contribution is 2.25. The average Bonchev–Trinajstić information content (AvgIpc) is 2.36. The molecule has 1 heterocycles. The molecule has 0 aliphatic rings. The molecule has 0 spiro atoms. The molecule has 0 aliphatic carbocycles. The molecule has 0 saturated heterocycles. The Morgan fingerprint density at radius 1 is 0.812 bits per heavy atom. The van der Waals surface area contributed by atoms with Crippen molar-refractivity contribution in [3.63, 3.8) is 0 Å². The number of nitrogens with two attached hydrogens (primary N) is 1. The number of nitrogen functional groups attached to an aromatic ring is 1. The third-order valence-electron chi connectivity index (χ3n) is 3.11. The zero-order chi connectivity index (χ0) is 11.1. The van der Waals surface area contributed by atoms with E-state index in [1.807, 2.05) is 24.3 Å². The topological polar surface area (TPSA) is 29.9 Å². The van der Waals surface area contributed by atoms with Crippen molar-refractivity contribution >= 4 is 27.5 Å². The molecule has 0 atom stereocenters. The van der Waals surface area contributed by atoms with Gasteiger partial charge in [0.15, 0.2) is 0 Å². The molecule has 2 heteroatoms. The van der Waals surface area contributed by atoms with Crippen molar-refractivity contribution in [2.75, 3.05) is 5.73 Å². The fourth-order valence-electron chi connectivity index (χ4n) is 2.26. The molecule has 0 unspecified atom stereocenters. The lowest BCUT2D eigenvalue weighted by atomic mass is 10.1. The van der Waals surface area contributed by atoms with E-state index in [1.165, 1.54) is 11.0 Å². The molecule has 0 radical (unpaired) electrons. The van der Waals surface area contributed by atoms with Crippen molar-refractivity contribution in [1.82, 2.24) is 0 Å². The minimum Gasteiger partial charge on any atom is -0.397 e. The summed E-state index contributed by atoms with van der Waals surface area (Å²) in [6.07, 6.45) is 0. The monoisotopic (exact) mass is 209 g/mol. The summed E-state index contributed by atoms with van der Waals surface area (Å²) in [6.45, 7) is 0. The number of fused-ring (bicyclic) bond motifs is 2. The number of hydrogen-bond acceptors (Lipinski definition) is 1. The molecule has 1 aromatic heterocycles. The third-order valence-corrected chi connectivity index (χ3v) is 3.11. The number of benzene rings is 2. The number of para-hydroxylation sites is 2. The van der Waals surface area contributed by atoms with E-state index in [1.54, 1.807) is 0 Å². The number of aromatic nitrogens is 1. The highest BCUT2D eigenvalue weighted by molar-refractivity contribution is 6.03. The van der Waals surface area contributed by atoms with Gasteiger partial charge in [-0.25, -0.2) is 0 Å². The van der Waals surface area contributed by atoms with Crippen LogP contribution in [-0.2, 0) is 7.05 Å². The van der Waals surface area contributed by atoms with Crippen LogP contribution in [0.3, 0.4) is 0 Å². The molecular formula is C14H13N2+. The zero-order valence-electron chi connectivity index (χ0n) is 9.14. The van der Waals surface area contributed by atoms with Crippen molar-refractivity contribution in [3.8, 4) is 0 Å². The largest absolute Gasteiger partial charge is 0.397 e. The Morgan fingerprint density at radius 3 is 1.75 bits per heavy atom. The van der Waals surface area contributed by atoms with E-state index in [0.717, 1.165) is 16.5 Å². The lowest BCUT2D eigenvalue weighted by Gasteiger charge is -2.05. The van der Waals surface area contributed by atoms with Gasteiger partial charge in [-0.2, -0.15) is 4.57 Å². The van der Waals surface area contributed by atoms with Crippen LogP contribution < -0.4 is 10.3 Å². The number of hydrogen-bond donors (Lipinski definition) is 1. The van der Waals surface area contributed by atoms with Crippen molar-refractivity contribution < 1.29 is 4.57 Å². The molecule has 0 saturated carbocycles. The van der Waals surface area contributed by atoms with Gasteiger partial charge in [0.2, 0.25) is 11.0 Å². The number of nitrogens with zero attached hydrogens (tertiary/aromatic N) is 1. The number of aryl methyl sites for hydroxylation is 1. The summed E-state index contributed by atoms with van der Waals surface area (Å²) in [7, 11) is 2.07. The van der Waals surface area contributed by atoms with Crippen molar-refractivity contribution in [2.45, 2.75) is 0 Å². The second kappa shape index (κ2) is 3.20. The van der Waals surface area contributed by atoms with Gasteiger partial charge in [-0.3, -0.25) is 0 Å². The lowest BCUT2D eigenvalue weighted by Crippen LogP contribution is -2.30. The standard InChI is InChI=1S/C14H12N2/c1-16-12-8-4-2-6-10(12)14(15)11-7-3-5-9-13(11)16/h2-9,15H,1H3/p+1. The molecule has 2 N–H and O–H groups in total. The molecular weight excluding hydrogens is 196 g/mol. The minimum absolute atomic E-state index is 0.865. The van der Waals surface area contributed by atoms with Crippen molar-refractivity contribution in [2.24, 2.45) is 7.05 Å². The molecule has 0 bridgehead atoms. The molecule has 78 valence electrons. The third kappa shape index (κ3) is 1.10. The SMILES string of the molecule is C[n+]1c2ccccc2c(N)c2ccccc21. The van der Waals surface area contributed by atoms with Gasteiger partial charge in [-0.15, -0.1) is 0 Å². The Balaban J connectivity index is 2.67. The predicted octanol–water partition coefficient (Wildman–Crippen LogP) is 2.40. The van der Waals surface area contributed by atoms with E-state index in [-0.39, 0.29) is 0 Å². The van der Waals surface area contributed by atoms with E-state index >= 15 is 0 Å². The van der Waals surface area contributed by atoms with Gasteiger partial charge < -0.3 is 5.73 Å². The Kier molecular flexibility index (Phi) is 1.83. The van der Waals surface area contributed by atoms with E-state index in [0.29, 0.717) is 0 Å². The minimum atomic E-state index is 0.865. The average molecular weight is 209 g/mol. The van der Waals surface area contributed by atoms with Crippen LogP contribution in [0.25, 0.3) is 21.8 Å². The van der Waals surface area contributed by atoms with E-state index in [9.17, 15) is 0 Å². The molecule has 0 amide bonds. The number of rotatable bonds is 0. The van der Waals surface area contributed by atoms with Crippen LogP contribution in [0.5, 0.6) is 0 Å². The summed E-state index contributed by atoms with van der Waals surface area (Å²) in [4.78, 5) is 0. The van der Waals surface area contributed by atoms with E-state index in [2.05, 4.69) is 35.9 Å². The summed E-state index contributed by atoms with van der Waals surface area (Å²) < 4.78 is 2.18. The molecule has 0 aliphatic heterocycles. The first-order valence-corrected chi connectivity index (χ1v) is 5.34. The summed E-state index contributed by atoms with van der Waals surface area (Å²) in [5.41, 5.74) is 9.41. The van der Waals surface area contributed by atoms with Crippen molar-refractivity contribution in [1.29, 1.82) is 0 Å². The Hall–Kier alpha value is -2.09. The summed E-state index contributed by atoms with van der Waals surface area (Å²) in [5, 5.41) is 2.23. The van der Waals surface area contributed by atoms with Gasteiger partial charge in [0.1, 0.15) is 7.05 Å². The van der Waals surface area contributed by atoms with Crippen LogP contribution >= 0.6 is 0 Å². The van der Waals surface area contributed by atoms with Gasteiger partial charge in [-0.1, -0.05) is 24.3 Å². The maximum Gasteiger partial charge on any atom is 0.214 e.